The normalized spacial score (nSPS) is 23.0. The fourth-order valence-corrected chi connectivity index (χ4v) is 4.66. The van der Waals surface area contributed by atoms with Crippen molar-refractivity contribution >= 4 is 5.91 Å². The third-order valence-electron chi connectivity index (χ3n) is 6.39. The molecule has 30 heavy (non-hydrogen) atoms. The summed E-state index contributed by atoms with van der Waals surface area (Å²) in [5.41, 5.74) is 3.23. The minimum atomic E-state index is -0.0599. The van der Waals surface area contributed by atoms with Crippen LogP contribution in [-0.4, -0.2) is 54.6 Å². The number of carbonyl (C=O) groups is 1. The van der Waals surface area contributed by atoms with Gasteiger partial charge >= 0.3 is 0 Å². The molecule has 2 saturated heterocycles. The summed E-state index contributed by atoms with van der Waals surface area (Å²) in [5.74, 6) is 0.0963. The van der Waals surface area contributed by atoms with Crippen molar-refractivity contribution in [2.45, 2.75) is 51.2 Å². The van der Waals surface area contributed by atoms with E-state index in [2.05, 4.69) is 62.1 Å². The molecule has 0 unspecified atom stereocenters. The predicted molar refractivity (Wildman–Crippen MR) is 121 cm³/mol. The van der Waals surface area contributed by atoms with E-state index in [0.29, 0.717) is 13.2 Å². The number of carbonyl (C=O) groups excluding carboxylic acids is 1. The zero-order chi connectivity index (χ0) is 21.1. The molecule has 2 aliphatic heterocycles. The quantitative estimate of drug-likeness (QED) is 0.740. The van der Waals surface area contributed by atoms with Crippen molar-refractivity contribution < 1.29 is 9.53 Å². The largest absolute Gasteiger partial charge is 0.373 e. The van der Waals surface area contributed by atoms with E-state index in [4.69, 9.17) is 4.74 Å². The topological polar surface area (TPSA) is 32.8 Å². The molecule has 160 valence electrons. The van der Waals surface area contributed by atoms with Crippen LogP contribution in [-0.2, 0) is 10.2 Å². The van der Waals surface area contributed by atoms with Gasteiger partial charge in [-0.05, 0) is 54.6 Å². The summed E-state index contributed by atoms with van der Waals surface area (Å²) in [6.45, 7) is 10.9. The number of amides is 1. The van der Waals surface area contributed by atoms with E-state index in [0.717, 1.165) is 30.8 Å². The van der Waals surface area contributed by atoms with Crippen LogP contribution >= 0.6 is 0 Å². The molecule has 2 aliphatic rings. The monoisotopic (exact) mass is 406 g/mol. The number of morpholine rings is 1. The molecule has 1 amide bonds. The maximum atomic E-state index is 13.6. The molecule has 2 heterocycles. The minimum absolute atomic E-state index is 0.00273. The van der Waals surface area contributed by atoms with Crippen LogP contribution in [0, 0.1) is 0 Å². The van der Waals surface area contributed by atoms with Gasteiger partial charge in [0.15, 0.2) is 0 Å². The Morgan fingerprint density at radius 3 is 2.27 bits per heavy atom. The lowest BCUT2D eigenvalue weighted by atomic mass is 9.86. The lowest BCUT2D eigenvalue weighted by Crippen LogP contribution is -2.51. The second kappa shape index (κ2) is 8.91. The molecule has 2 fully saturated rings. The lowest BCUT2D eigenvalue weighted by Gasteiger charge is -2.43. The van der Waals surface area contributed by atoms with Crippen molar-refractivity contribution in [1.29, 1.82) is 0 Å². The SMILES string of the molecule is CC(C)(C)c1ccc(C(=O)N2CCO[C@@H](CN3CCCC3)[C@@H]2c2ccccc2)cc1. The number of hydrogen-bond donors (Lipinski definition) is 0. The maximum Gasteiger partial charge on any atom is 0.254 e. The molecule has 2 aromatic rings. The Bertz CT molecular complexity index is 836. The molecule has 0 N–H and O–H groups in total. The van der Waals surface area contributed by atoms with E-state index in [1.165, 1.54) is 18.4 Å². The van der Waals surface area contributed by atoms with Crippen LogP contribution in [0.25, 0.3) is 0 Å². The highest BCUT2D eigenvalue weighted by Crippen LogP contribution is 2.32. The van der Waals surface area contributed by atoms with Gasteiger partial charge in [-0.1, -0.05) is 63.2 Å². The lowest BCUT2D eigenvalue weighted by molar-refractivity contribution is -0.0707. The highest BCUT2D eigenvalue weighted by atomic mass is 16.5. The number of benzene rings is 2. The van der Waals surface area contributed by atoms with Gasteiger partial charge < -0.3 is 14.5 Å². The van der Waals surface area contributed by atoms with E-state index in [1.807, 2.05) is 23.1 Å². The van der Waals surface area contributed by atoms with Gasteiger partial charge in [-0.2, -0.15) is 0 Å². The summed E-state index contributed by atoms with van der Waals surface area (Å²) in [4.78, 5) is 18.1. The molecule has 0 bridgehead atoms. The first-order chi connectivity index (χ1) is 14.4. The second-order valence-corrected chi connectivity index (χ2v) is 9.60. The highest BCUT2D eigenvalue weighted by molar-refractivity contribution is 5.94. The van der Waals surface area contributed by atoms with Gasteiger partial charge in [-0.25, -0.2) is 0 Å². The van der Waals surface area contributed by atoms with E-state index >= 15 is 0 Å². The second-order valence-electron chi connectivity index (χ2n) is 9.60. The van der Waals surface area contributed by atoms with Gasteiger partial charge in [0.25, 0.3) is 5.91 Å². The van der Waals surface area contributed by atoms with E-state index in [1.54, 1.807) is 0 Å². The number of ether oxygens (including phenoxy) is 1. The van der Waals surface area contributed by atoms with Gasteiger partial charge in [0.05, 0.1) is 18.8 Å². The van der Waals surface area contributed by atoms with Gasteiger partial charge in [-0.3, -0.25) is 4.79 Å². The molecule has 2 aromatic carbocycles. The Kier molecular flexibility index (Phi) is 6.26. The average Bonchev–Trinajstić information content (AvgIpc) is 3.26. The van der Waals surface area contributed by atoms with Gasteiger partial charge in [0, 0.05) is 18.7 Å². The van der Waals surface area contributed by atoms with Crippen LogP contribution in [0.3, 0.4) is 0 Å². The molecule has 0 radical (unpaired) electrons. The summed E-state index contributed by atoms with van der Waals surface area (Å²) >= 11 is 0. The maximum absolute atomic E-state index is 13.6. The molecular weight excluding hydrogens is 372 g/mol. The van der Waals surface area contributed by atoms with E-state index in [9.17, 15) is 4.79 Å². The first kappa shape index (κ1) is 21.1. The van der Waals surface area contributed by atoms with E-state index < -0.39 is 0 Å². The zero-order valence-corrected chi connectivity index (χ0v) is 18.5. The first-order valence-electron chi connectivity index (χ1n) is 11.2. The Labute approximate surface area is 180 Å². The summed E-state index contributed by atoms with van der Waals surface area (Å²) in [6.07, 6.45) is 2.51. The number of nitrogens with zero attached hydrogens (tertiary/aromatic N) is 2. The Morgan fingerprint density at radius 1 is 0.967 bits per heavy atom. The number of likely N-dealkylation sites (tertiary alicyclic amines) is 1. The molecule has 4 heteroatoms. The van der Waals surface area contributed by atoms with Crippen LogP contribution < -0.4 is 0 Å². The highest BCUT2D eigenvalue weighted by Gasteiger charge is 2.38. The molecule has 0 spiro atoms. The van der Waals surface area contributed by atoms with Gasteiger partial charge in [0.1, 0.15) is 0 Å². The first-order valence-corrected chi connectivity index (χ1v) is 11.2. The Morgan fingerprint density at radius 2 is 1.63 bits per heavy atom. The molecule has 0 aromatic heterocycles. The number of rotatable bonds is 4. The smallest absolute Gasteiger partial charge is 0.254 e. The minimum Gasteiger partial charge on any atom is -0.373 e. The van der Waals surface area contributed by atoms with Crippen molar-refractivity contribution in [3.05, 3.63) is 71.3 Å². The Hall–Kier alpha value is -2.17. The molecule has 0 aliphatic carbocycles. The fourth-order valence-electron chi connectivity index (χ4n) is 4.66. The summed E-state index contributed by atoms with van der Waals surface area (Å²) in [7, 11) is 0. The van der Waals surface area contributed by atoms with Crippen molar-refractivity contribution in [1.82, 2.24) is 9.80 Å². The number of hydrogen-bond acceptors (Lipinski definition) is 3. The summed E-state index contributed by atoms with van der Waals surface area (Å²) < 4.78 is 6.25. The third kappa shape index (κ3) is 4.60. The Balaban J connectivity index is 1.61. The molecule has 4 nitrogen and oxygen atoms in total. The van der Waals surface area contributed by atoms with E-state index in [-0.39, 0.29) is 23.5 Å². The van der Waals surface area contributed by atoms with Gasteiger partial charge in [0.2, 0.25) is 0 Å². The van der Waals surface area contributed by atoms with Crippen molar-refractivity contribution in [3.8, 4) is 0 Å². The van der Waals surface area contributed by atoms with Crippen LogP contribution in [0.1, 0.15) is 61.1 Å². The fraction of sp³-hybridized carbons (Fsp3) is 0.500. The van der Waals surface area contributed by atoms with Crippen molar-refractivity contribution in [3.63, 3.8) is 0 Å². The molecule has 0 saturated carbocycles. The van der Waals surface area contributed by atoms with Crippen LogP contribution in [0.15, 0.2) is 54.6 Å². The summed E-state index contributed by atoms with van der Waals surface area (Å²) in [5, 5.41) is 0. The van der Waals surface area contributed by atoms with Crippen molar-refractivity contribution in [2.24, 2.45) is 0 Å². The molecular formula is C26H34N2O2. The standard InChI is InChI=1S/C26H34N2O2/c1-26(2,3)22-13-11-21(12-14-22)25(29)28-17-18-30-23(19-27-15-7-8-16-27)24(28)20-9-5-4-6-10-20/h4-6,9-14,23-24H,7-8,15-19H2,1-3H3/t23-,24-/m0/s1. The van der Waals surface area contributed by atoms with Gasteiger partial charge in [-0.15, -0.1) is 0 Å². The molecule has 4 rings (SSSR count). The van der Waals surface area contributed by atoms with Crippen LogP contribution in [0.5, 0.6) is 0 Å². The van der Waals surface area contributed by atoms with Crippen LogP contribution in [0.4, 0.5) is 0 Å². The third-order valence-corrected chi connectivity index (χ3v) is 6.39. The zero-order valence-electron chi connectivity index (χ0n) is 18.5. The summed E-state index contributed by atoms with van der Waals surface area (Å²) in [6, 6.07) is 18.5. The average molecular weight is 407 g/mol. The predicted octanol–water partition coefficient (Wildman–Crippen LogP) is 4.66. The molecule has 2 atom stereocenters. The van der Waals surface area contributed by atoms with Crippen LogP contribution in [0.2, 0.25) is 0 Å². The van der Waals surface area contributed by atoms with Crippen molar-refractivity contribution in [2.75, 3.05) is 32.8 Å².